The summed E-state index contributed by atoms with van der Waals surface area (Å²) in [5, 5.41) is 22.6. The van der Waals surface area contributed by atoms with E-state index in [0.29, 0.717) is 33.8 Å². The van der Waals surface area contributed by atoms with E-state index < -0.39 is 17.7 Å². The zero-order valence-corrected chi connectivity index (χ0v) is 26.3. The molecular formula is C36H27N3O5S2. The summed E-state index contributed by atoms with van der Waals surface area (Å²) in [5.41, 5.74) is 3.61. The Labute approximate surface area is 273 Å². The number of carbonyl (C=O) groups excluding carboxylic acids is 2. The number of amides is 1. The van der Waals surface area contributed by atoms with Gasteiger partial charge in [0.15, 0.2) is 4.34 Å². The lowest BCUT2D eigenvalue weighted by Gasteiger charge is -2.20. The number of aliphatic hydroxyl groups excluding tert-OH is 1. The second-order valence-corrected chi connectivity index (χ2v) is 12.9. The Morgan fingerprint density at radius 3 is 2.57 bits per heavy atom. The van der Waals surface area contributed by atoms with E-state index in [0.717, 1.165) is 27.5 Å². The zero-order valence-electron chi connectivity index (χ0n) is 24.6. The van der Waals surface area contributed by atoms with Crippen molar-refractivity contribution in [3.8, 4) is 5.75 Å². The number of aliphatic hydroxyl groups is 1. The highest BCUT2D eigenvalue weighted by Gasteiger charge is 2.49. The summed E-state index contributed by atoms with van der Waals surface area (Å²) in [4.78, 5) is 28.2. The number of ether oxygens (including phenoxy) is 1. The minimum atomic E-state index is -1.02. The van der Waals surface area contributed by atoms with Crippen LogP contribution in [0.1, 0.15) is 34.1 Å². The van der Waals surface area contributed by atoms with Crippen LogP contribution >= 0.6 is 23.1 Å². The molecule has 1 aliphatic heterocycles. The molecule has 6 aromatic rings. The number of furan rings is 1. The first-order valence-electron chi connectivity index (χ1n) is 14.5. The van der Waals surface area contributed by atoms with E-state index in [-0.39, 0.29) is 16.5 Å². The monoisotopic (exact) mass is 645 g/mol. The van der Waals surface area contributed by atoms with Gasteiger partial charge in [-0.05, 0) is 65.2 Å². The first kappa shape index (κ1) is 29.5. The number of carbonyl (C=O) groups is 2. The molecule has 1 atom stereocenters. The Bertz CT molecular complexity index is 2080. The third-order valence-corrected chi connectivity index (χ3v) is 9.81. The summed E-state index contributed by atoms with van der Waals surface area (Å²) >= 11 is 2.71. The predicted octanol–water partition coefficient (Wildman–Crippen LogP) is 8.09. The van der Waals surface area contributed by atoms with Gasteiger partial charge in [0, 0.05) is 11.3 Å². The van der Waals surface area contributed by atoms with Crippen LogP contribution in [0.2, 0.25) is 0 Å². The van der Waals surface area contributed by atoms with Gasteiger partial charge in [-0.3, -0.25) is 14.5 Å². The molecular weight excluding hydrogens is 619 g/mol. The van der Waals surface area contributed by atoms with Crippen molar-refractivity contribution in [1.29, 1.82) is 0 Å². The van der Waals surface area contributed by atoms with E-state index in [1.807, 2.05) is 43.3 Å². The third-order valence-electron chi connectivity index (χ3n) is 7.71. The molecule has 2 aromatic heterocycles. The van der Waals surface area contributed by atoms with E-state index in [1.54, 1.807) is 36.4 Å². The number of nitrogens with zero attached hydrogens (tertiary/aromatic N) is 3. The summed E-state index contributed by atoms with van der Waals surface area (Å²) in [7, 11) is 0. The van der Waals surface area contributed by atoms with Crippen LogP contribution in [0.5, 0.6) is 5.75 Å². The maximum atomic E-state index is 13.5. The number of hydrogen-bond acceptors (Lipinski definition) is 9. The number of aromatic nitrogens is 2. The zero-order chi connectivity index (χ0) is 31.6. The van der Waals surface area contributed by atoms with Crippen LogP contribution in [-0.4, -0.2) is 27.0 Å². The van der Waals surface area contributed by atoms with Crippen LogP contribution in [0.3, 0.4) is 0 Å². The highest BCUT2D eigenvalue weighted by molar-refractivity contribution is 8.00. The van der Waals surface area contributed by atoms with Gasteiger partial charge in [-0.2, -0.15) is 0 Å². The van der Waals surface area contributed by atoms with Crippen LogP contribution in [0, 0.1) is 6.92 Å². The van der Waals surface area contributed by atoms with Crippen molar-refractivity contribution in [3.05, 3.63) is 143 Å². The van der Waals surface area contributed by atoms with Gasteiger partial charge in [0.2, 0.25) is 5.13 Å². The number of rotatable bonds is 9. The van der Waals surface area contributed by atoms with Gasteiger partial charge < -0.3 is 14.3 Å². The fourth-order valence-electron chi connectivity index (χ4n) is 5.50. The van der Waals surface area contributed by atoms with Crippen molar-refractivity contribution in [2.24, 2.45) is 0 Å². The van der Waals surface area contributed by atoms with Gasteiger partial charge in [0.05, 0.1) is 11.8 Å². The second kappa shape index (κ2) is 12.7. The molecule has 8 nitrogen and oxygen atoms in total. The van der Waals surface area contributed by atoms with Gasteiger partial charge in [-0.25, -0.2) is 0 Å². The summed E-state index contributed by atoms with van der Waals surface area (Å²) < 4.78 is 12.2. The van der Waals surface area contributed by atoms with Crippen LogP contribution in [0.25, 0.3) is 16.5 Å². The fraction of sp³-hybridized carbons (Fsp3) is 0.111. The normalized spacial score (nSPS) is 15.9. The largest absolute Gasteiger partial charge is 0.507 e. The minimum absolute atomic E-state index is 0.0893. The first-order valence-corrected chi connectivity index (χ1v) is 16.3. The molecule has 1 saturated heterocycles. The van der Waals surface area contributed by atoms with Crippen LogP contribution in [0.15, 0.2) is 124 Å². The number of Topliss-reactive ketones (excluding diaryl/α,β-unsaturated/α-hetero) is 1. The standard InChI is InChI=1S/C36H27N3O5S2/c1-22-7-4-8-23(19-22)20-44-27-16-14-25(15-17-27)32(40)30-31(29-13-6-18-43-29)39(34(42)33(30)41)35-37-38-36(46-35)45-21-26-11-5-10-24-9-2-3-12-28(24)26/h2-19,31,40H,20-21H2,1H3. The number of hydrogen-bond donors (Lipinski definition) is 1. The van der Waals surface area contributed by atoms with Crippen LogP contribution in [-0.2, 0) is 21.9 Å². The molecule has 1 amide bonds. The van der Waals surface area contributed by atoms with Gasteiger partial charge in [-0.15, -0.1) is 10.2 Å². The van der Waals surface area contributed by atoms with Crippen molar-refractivity contribution in [2.45, 2.75) is 29.7 Å². The molecule has 1 aliphatic rings. The molecule has 1 unspecified atom stereocenters. The number of thioether (sulfide) groups is 1. The molecule has 3 heterocycles. The quantitative estimate of drug-likeness (QED) is 0.0553. The first-order chi connectivity index (χ1) is 22.5. The molecule has 10 heteroatoms. The lowest BCUT2D eigenvalue weighted by Crippen LogP contribution is -2.29. The minimum Gasteiger partial charge on any atom is -0.507 e. The highest BCUT2D eigenvalue weighted by atomic mass is 32.2. The Kier molecular flexibility index (Phi) is 8.13. The molecule has 0 spiro atoms. The van der Waals surface area contributed by atoms with Gasteiger partial charge in [0.1, 0.15) is 29.9 Å². The maximum absolute atomic E-state index is 13.5. The van der Waals surface area contributed by atoms with Crippen molar-refractivity contribution >= 4 is 56.5 Å². The molecule has 0 aliphatic carbocycles. The summed E-state index contributed by atoms with van der Waals surface area (Å²) in [6.45, 7) is 2.41. The van der Waals surface area contributed by atoms with E-state index >= 15 is 0 Å². The molecule has 1 N–H and O–H groups in total. The van der Waals surface area contributed by atoms with E-state index in [2.05, 4.69) is 40.5 Å². The van der Waals surface area contributed by atoms with Gasteiger partial charge in [0.25, 0.3) is 5.78 Å². The Morgan fingerprint density at radius 1 is 0.957 bits per heavy atom. The topological polar surface area (TPSA) is 106 Å². The smallest absolute Gasteiger partial charge is 0.302 e. The van der Waals surface area contributed by atoms with Crippen LogP contribution in [0.4, 0.5) is 5.13 Å². The molecule has 46 heavy (non-hydrogen) atoms. The lowest BCUT2D eigenvalue weighted by molar-refractivity contribution is -0.132. The molecule has 228 valence electrons. The highest BCUT2D eigenvalue weighted by Crippen LogP contribution is 2.44. The van der Waals surface area contributed by atoms with E-state index in [9.17, 15) is 14.7 Å². The van der Waals surface area contributed by atoms with Crippen molar-refractivity contribution in [2.75, 3.05) is 4.90 Å². The predicted molar refractivity (Wildman–Crippen MR) is 179 cm³/mol. The molecule has 0 radical (unpaired) electrons. The Morgan fingerprint density at radius 2 is 1.76 bits per heavy atom. The third kappa shape index (κ3) is 5.80. The molecule has 0 bridgehead atoms. The van der Waals surface area contributed by atoms with Gasteiger partial charge in [-0.1, -0.05) is 95.4 Å². The second-order valence-electron chi connectivity index (χ2n) is 10.8. The van der Waals surface area contributed by atoms with E-state index in [1.165, 1.54) is 34.3 Å². The fourth-order valence-corrected chi connectivity index (χ4v) is 7.37. The molecule has 0 saturated carbocycles. The van der Waals surface area contributed by atoms with E-state index in [4.69, 9.17) is 9.15 Å². The summed E-state index contributed by atoms with van der Waals surface area (Å²) in [5.74, 6) is -0.395. The van der Waals surface area contributed by atoms with Crippen molar-refractivity contribution in [3.63, 3.8) is 0 Å². The van der Waals surface area contributed by atoms with Crippen molar-refractivity contribution in [1.82, 2.24) is 10.2 Å². The molecule has 7 rings (SSSR count). The number of benzene rings is 4. The number of aryl methyl sites for hydroxylation is 1. The maximum Gasteiger partial charge on any atom is 0.302 e. The van der Waals surface area contributed by atoms with Crippen LogP contribution < -0.4 is 9.64 Å². The molecule has 1 fully saturated rings. The number of fused-ring (bicyclic) bond motifs is 1. The summed E-state index contributed by atoms with van der Waals surface area (Å²) in [6, 6.07) is 31.5. The number of ketones is 1. The van der Waals surface area contributed by atoms with Crippen molar-refractivity contribution < 1.29 is 23.8 Å². The lowest BCUT2D eigenvalue weighted by atomic mass is 9.99. The average Bonchev–Trinajstić information content (AvgIpc) is 3.83. The Hall–Kier alpha value is -5.19. The average molecular weight is 646 g/mol. The number of anilines is 1. The molecule has 4 aromatic carbocycles. The Balaban J connectivity index is 1.14. The summed E-state index contributed by atoms with van der Waals surface area (Å²) in [6.07, 6.45) is 1.46. The SMILES string of the molecule is Cc1cccc(COc2ccc(C(O)=C3C(=O)C(=O)N(c4nnc(SCc5cccc6ccccc56)s4)C3c3ccco3)cc2)c1. The van der Waals surface area contributed by atoms with Gasteiger partial charge >= 0.3 is 5.91 Å².